The number of amides is 1. The lowest BCUT2D eigenvalue weighted by molar-refractivity contribution is 0.0696. The number of hydrogen-bond donors (Lipinski definition) is 2. The van der Waals surface area contributed by atoms with Crippen LogP contribution in [0.15, 0.2) is 84.0 Å². The molecule has 0 aliphatic heterocycles. The number of nitrogens with zero attached hydrogens (tertiary/aromatic N) is 1. The van der Waals surface area contributed by atoms with Crippen molar-refractivity contribution < 1.29 is 19.4 Å². The van der Waals surface area contributed by atoms with Gasteiger partial charge in [-0.05, 0) is 35.4 Å². The molecule has 3 aromatic carbocycles. The molecule has 3 rings (SSSR count). The van der Waals surface area contributed by atoms with Gasteiger partial charge in [0.2, 0.25) is 0 Å². The minimum atomic E-state index is -0.996. The molecule has 0 aromatic heterocycles. The van der Waals surface area contributed by atoms with Crippen LogP contribution in [0, 0.1) is 0 Å². The lowest BCUT2D eigenvalue weighted by atomic mass is 10.1. The minimum absolute atomic E-state index is 0.186. The Hall–Kier alpha value is -3.93. The van der Waals surface area contributed by atoms with Crippen LogP contribution in [-0.2, 0) is 6.61 Å². The SMILES string of the molecule is O=C(O)c1ccc(/C=N/NC(=O)c2ccccc2OCc2ccccc2)cc1. The third-order valence-corrected chi connectivity index (χ3v) is 3.91. The molecule has 1 amide bonds. The van der Waals surface area contributed by atoms with E-state index in [0.29, 0.717) is 23.5 Å². The largest absolute Gasteiger partial charge is 0.488 e. The third kappa shape index (κ3) is 5.04. The van der Waals surface area contributed by atoms with Crippen LogP contribution >= 0.6 is 0 Å². The van der Waals surface area contributed by atoms with Crippen LogP contribution in [0.2, 0.25) is 0 Å². The summed E-state index contributed by atoms with van der Waals surface area (Å²) in [4.78, 5) is 23.3. The summed E-state index contributed by atoms with van der Waals surface area (Å²) in [5, 5.41) is 12.8. The molecular weight excluding hydrogens is 356 g/mol. The number of aromatic carboxylic acids is 1. The summed E-state index contributed by atoms with van der Waals surface area (Å²) in [6, 6.07) is 22.8. The molecule has 0 heterocycles. The predicted molar refractivity (Wildman–Crippen MR) is 106 cm³/mol. The molecule has 0 aliphatic carbocycles. The Labute approximate surface area is 162 Å². The number of nitrogens with one attached hydrogen (secondary N) is 1. The second-order valence-electron chi connectivity index (χ2n) is 5.90. The maximum Gasteiger partial charge on any atom is 0.335 e. The summed E-state index contributed by atoms with van der Waals surface area (Å²) >= 11 is 0. The predicted octanol–water partition coefficient (Wildman–Crippen LogP) is 3.73. The van der Waals surface area contributed by atoms with Crippen LogP contribution < -0.4 is 10.2 Å². The number of para-hydroxylation sites is 1. The summed E-state index contributed by atoms with van der Waals surface area (Å²) in [5.74, 6) is -0.934. The Balaban J connectivity index is 1.63. The number of carboxylic acid groups (broad SMARTS) is 1. The summed E-state index contributed by atoms with van der Waals surface area (Å²) in [6.45, 7) is 0.352. The molecule has 3 aromatic rings. The number of carbonyl (C=O) groups is 2. The highest BCUT2D eigenvalue weighted by atomic mass is 16.5. The maximum atomic E-state index is 12.4. The molecule has 0 unspecified atom stereocenters. The first-order valence-electron chi connectivity index (χ1n) is 8.56. The highest BCUT2D eigenvalue weighted by Gasteiger charge is 2.11. The number of benzene rings is 3. The monoisotopic (exact) mass is 374 g/mol. The number of carbonyl (C=O) groups excluding carboxylic acids is 1. The van der Waals surface area contributed by atoms with Gasteiger partial charge in [-0.15, -0.1) is 0 Å². The highest BCUT2D eigenvalue weighted by molar-refractivity contribution is 5.97. The Morgan fingerprint density at radius 1 is 0.929 bits per heavy atom. The van der Waals surface area contributed by atoms with Gasteiger partial charge in [-0.3, -0.25) is 4.79 Å². The average Bonchev–Trinajstić information content (AvgIpc) is 2.73. The van der Waals surface area contributed by atoms with E-state index >= 15 is 0 Å². The van der Waals surface area contributed by atoms with E-state index in [0.717, 1.165) is 5.56 Å². The van der Waals surface area contributed by atoms with E-state index in [1.165, 1.54) is 18.3 Å². The van der Waals surface area contributed by atoms with Crippen molar-refractivity contribution in [1.82, 2.24) is 5.43 Å². The summed E-state index contributed by atoms with van der Waals surface area (Å²) in [6.07, 6.45) is 1.44. The van der Waals surface area contributed by atoms with E-state index in [2.05, 4.69) is 10.5 Å². The number of carboxylic acids is 1. The van der Waals surface area contributed by atoms with Crippen molar-refractivity contribution in [2.24, 2.45) is 5.10 Å². The molecule has 28 heavy (non-hydrogen) atoms. The van der Waals surface area contributed by atoms with Crippen LogP contribution in [0.4, 0.5) is 0 Å². The topological polar surface area (TPSA) is 88.0 Å². The van der Waals surface area contributed by atoms with Gasteiger partial charge in [-0.25, -0.2) is 10.2 Å². The van der Waals surface area contributed by atoms with Gasteiger partial charge < -0.3 is 9.84 Å². The molecule has 0 saturated heterocycles. The molecule has 6 heteroatoms. The number of rotatable bonds is 7. The number of hydrazone groups is 1. The molecular formula is C22H18N2O4. The first kappa shape index (κ1) is 18.8. The Kier molecular flexibility index (Phi) is 6.15. The van der Waals surface area contributed by atoms with Crippen LogP contribution in [0.25, 0.3) is 0 Å². The van der Waals surface area contributed by atoms with Crippen LogP contribution in [0.3, 0.4) is 0 Å². The van der Waals surface area contributed by atoms with Gasteiger partial charge >= 0.3 is 5.97 Å². The second kappa shape index (κ2) is 9.14. The third-order valence-electron chi connectivity index (χ3n) is 3.91. The fourth-order valence-corrected chi connectivity index (χ4v) is 2.45. The molecule has 0 atom stereocenters. The lowest BCUT2D eigenvalue weighted by Crippen LogP contribution is -2.18. The smallest absolute Gasteiger partial charge is 0.335 e. The van der Waals surface area contributed by atoms with E-state index in [9.17, 15) is 9.59 Å². The number of ether oxygens (including phenoxy) is 1. The second-order valence-corrected chi connectivity index (χ2v) is 5.90. The van der Waals surface area contributed by atoms with Gasteiger partial charge in [0, 0.05) is 0 Å². The molecule has 140 valence electrons. The van der Waals surface area contributed by atoms with E-state index < -0.39 is 11.9 Å². The van der Waals surface area contributed by atoms with E-state index in [-0.39, 0.29) is 5.56 Å². The molecule has 0 aliphatic rings. The summed E-state index contributed by atoms with van der Waals surface area (Å²) in [5.41, 5.74) is 4.68. The zero-order valence-electron chi connectivity index (χ0n) is 14.9. The summed E-state index contributed by atoms with van der Waals surface area (Å²) in [7, 11) is 0. The quantitative estimate of drug-likeness (QED) is 0.487. The molecule has 0 saturated carbocycles. The normalized spacial score (nSPS) is 10.6. The van der Waals surface area contributed by atoms with Gasteiger partial charge in [-0.2, -0.15) is 5.10 Å². The van der Waals surface area contributed by atoms with Crippen molar-refractivity contribution in [3.63, 3.8) is 0 Å². The van der Waals surface area contributed by atoms with Gasteiger partial charge in [0.05, 0.1) is 17.3 Å². The first-order valence-corrected chi connectivity index (χ1v) is 8.56. The van der Waals surface area contributed by atoms with Gasteiger partial charge in [0.25, 0.3) is 5.91 Å². The van der Waals surface area contributed by atoms with Crippen LogP contribution in [0.1, 0.15) is 31.8 Å². The van der Waals surface area contributed by atoms with Crippen molar-refractivity contribution in [3.05, 3.63) is 101 Å². The Bertz CT molecular complexity index is 983. The molecule has 0 fully saturated rings. The van der Waals surface area contributed by atoms with E-state index in [4.69, 9.17) is 9.84 Å². The highest BCUT2D eigenvalue weighted by Crippen LogP contribution is 2.19. The molecule has 2 N–H and O–H groups in total. The zero-order chi connectivity index (χ0) is 19.8. The van der Waals surface area contributed by atoms with Crippen molar-refractivity contribution in [1.29, 1.82) is 0 Å². The van der Waals surface area contributed by atoms with Crippen molar-refractivity contribution in [3.8, 4) is 5.75 Å². The minimum Gasteiger partial charge on any atom is -0.488 e. The van der Waals surface area contributed by atoms with Gasteiger partial charge in [0.1, 0.15) is 12.4 Å². The number of hydrogen-bond acceptors (Lipinski definition) is 4. The maximum absolute atomic E-state index is 12.4. The van der Waals surface area contributed by atoms with Gasteiger partial charge in [0.15, 0.2) is 0 Å². The molecule has 0 spiro atoms. The zero-order valence-corrected chi connectivity index (χ0v) is 14.9. The average molecular weight is 374 g/mol. The first-order chi connectivity index (χ1) is 13.6. The van der Waals surface area contributed by atoms with Crippen LogP contribution in [-0.4, -0.2) is 23.2 Å². The molecule has 6 nitrogen and oxygen atoms in total. The van der Waals surface area contributed by atoms with Gasteiger partial charge in [-0.1, -0.05) is 54.6 Å². The van der Waals surface area contributed by atoms with E-state index in [1.807, 2.05) is 30.3 Å². The van der Waals surface area contributed by atoms with Crippen molar-refractivity contribution in [2.75, 3.05) is 0 Å². The fraction of sp³-hybridized carbons (Fsp3) is 0.0455. The standard InChI is InChI=1S/C22H18N2O4/c25-21(24-23-14-16-10-12-18(13-11-16)22(26)27)19-8-4-5-9-20(19)28-15-17-6-2-1-3-7-17/h1-14H,15H2,(H,24,25)(H,26,27)/b23-14+. The van der Waals surface area contributed by atoms with Crippen molar-refractivity contribution >= 4 is 18.1 Å². The van der Waals surface area contributed by atoms with Crippen LogP contribution in [0.5, 0.6) is 5.75 Å². The Morgan fingerprint density at radius 2 is 1.61 bits per heavy atom. The molecule has 0 bridgehead atoms. The lowest BCUT2D eigenvalue weighted by Gasteiger charge is -2.10. The van der Waals surface area contributed by atoms with E-state index in [1.54, 1.807) is 36.4 Å². The fourth-order valence-electron chi connectivity index (χ4n) is 2.45. The Morgan fingerprint density at radius 3 is 2.32 bits per heavy atom. The summed E-state index contributed by atoms with van der Waals surface area (Å²) < 4.78 is 5.78. The molecule has 0 radical (unpaired) electrons. The van der Waals surface area contributed by atoms with Crippen molar-refractivity contribution in [2.45, 2.75) is 6.61 Å².